The lowest BCUT2D eigenvalue weighted by Gasteiger charge is -1.79. The zero-order chi connectivity index (χ0) is 7.78. The summed E-state index contributed by atoms with van der Waals surface area (Å²) in [6.07, 6.45) is 0. The quantitative estimate of drug-likeness (QED) is 0.615. The van der Waals surface area contributed by atoms with Crippen molar-refractivity contribution in [3.8, 4) is 0 Å². The molecule has 0 aliphatic carbocycles. The molecule has 0 saturated carbocycles. The molecule has 0 bridgehead atoms. The number of rotatable bonds is 1. The minimum absolute atomic E-state index is 0.0926. The van der Waals surface area contributed by atoms with Gasteiger partial charge in [-0.1, -0.05) is 0 Å². The van der Waals surface area contributed by atoms with Crippen molar-refractivity contribution in [3.05, 3.63) is 16.1 Å². The Labute approximate surface area is 54.6 Å². The molecule has 0 atom stereocenters. The van der Waals surface area contributed by atoms with Crippen molar-refractivity contribution < 1.29 is 7.85 Å². The molecule has 0 saturated heterocycles. The molecule has 2 nitrogen and oxygen atoms in total. The second-order valence-electron chi connectivity index (χ2n) is 1.36. The van der Waals surface area contributed by atoms with E-state index in [-0.39, 0.29) is 5.69 Å². The Morgan fingerprint density at radius 3 is 3.12 bits per heavy atom. The number of aromatic nitrogens is 1. The molecule has 0 aliphatic rings. The van der Waals surface area contributed by atoms with Crippen LogP contribution in [0.2, 0.25) is 0 Å². The maximum Gasteiger partial charge on any atom is 0.0898 e. The Morgan fingerprint density at radius 1 is 2.12 bits per heavy atom. The highest BCUT2D eigenvalue weighted by Crippen LogP contribution is 2.06. The zero-order valence-electron chi connectivity index (χ0n) is 6.38. The first-order valence-corrected chi connectivity index (χ1v) is 3.03. The Balaban J connectivity index is 2.96. The molecular weight excluding hydrogens is 122 g/mol. The average Bonchev–Trinajstić information content (AvgIpc) is 2.11. The van der Waals surface area contributed by atoms with Crippen LogP contribution in [0.3, 0.4) is 0 Å². The van der Waals surface area contributed by atoms with E-state index in [1.54, 1.807) is 6.92 Å². The first kappa shape index (κ1) is 3.58. The van der Waals surface area contributed by atoms with Crippen LogP contribution in [0.15, 0.2) is 5.38 Å². The van der Waals surface area contributed by atoms with Crippen LogP contribution in [0.1, 0.15) is 13.4 Å². The second-order valence-corrected chi connectivity index (χ2v) is 2.43. The van der Waals surface area contributed by atoms with Crippen LogP contribution >= 0.6 is 11.3 Å². The molecule has 8 heavy (non-hydrogen) atoms. The molecule has 1 aromatic rings. The lowest BCUT2D eigenvalue weighted by molar-refractivity contribution is 0.277. The third-order valence-corrected chi connectivity index (χ3v) is 1.51. The number of hydrogen-bond acceptors (Lipinski definition) is 3. The predicted molar refractivity (Wildman–Crippen MR) is 32.8 cm³/mol. The van der Waals surface area contributed by atoms with Gasteiger partial charge in [0.1, 0.15) is 0 Å². The van der Waals surface area contributed by atoms with Crippen molar-refractivity contribution in [2.24, 2.45) is 0 Å². The van der Waals surface area contributed by atoms with Crippen molar-refractivity contribution >= 4 is 11.3 Å². The van der Waals surface area contributed by atoms with E-state index < -0.39 is 6.56 Å². The normalized spacial score (nSPS) is 15.2. The summed E-state index contributed by atoms with van der Waals surface area (Å²) in [4.78, 5) is 3.78. The van der Waals surface area contributed by atoms with Crippen molar-refractivity contribution in [2.75, 3.05) is 0 Å². The molecular formula is C5H7NOS. The van der Waals surface area contributed by atoms with E-state index in [2.05, 4.69) is 4.98 Å². The van der Waals surface area contributed by atoms with Crippen LogP contribution < -0.4 is 0 Å². The third kappa shape index (κ3) is 1.05. The van der Waals surface area contributed by atoms with E-state index in [1.807, 2.05) is 0 Å². The lowest BCUT2D eigenvalue weighted by Crippen LogP contribution is -1.80. The maximum atomic E-state index is 8.78. The fourth-order valence-electron chi connectivity index (χ4n) is 0.415. The SMILES string of the molecule is [2H]C([2H])(O)c1csc(C)n1. The molecule has 0 aromatic carbocycles. The Hall–Kier alpha value is -0.410. The van der Waals surface area contributed by atoms with Crippen molar-refractivity contribution in [1.29, 1.82) is 0 Å². The minimum Gasteiger partial charge on any atom is -0.390 e. The monoisotopic (exact) mass is 131 g/mol. The molecule has 1 rings (SSSR count). The summed E-state index contributed by atoms with van der Waals surface area (Å²) in [5, 5.41) is 11.0. The molecule has 0 amide bonds. The van der Waals surface area contributed by atoms with Gasteiger partial charge in [0.25, 0.3) is 0 Å². The summed E-state index contributed by atoms with van der Waals surface area (Å²) in [6.45, 7) is -0.523. The molecule has 0 aliphatic heterocycles. The van der Waals surface area contributed by atoms with Crippen LogP contribution in [0, 0.1) is 6.92 Å². The first-order chi connectivity index (χ1) is 4.50. The highest BCUT2D eigenvalue weighted by Gasteiger charge is 1.92. The fraction of sp³-hybridized carbons (Fsp3) is 0.400. The van der Waals surface area contributed by atoms with Gasteiger partial charge in [-0.2, -0.15) is 0 Å². The topological polar surface area (TPSA) is 33.1 Å². The van der Waals surface area contributed by atoms with E-state index in [9.17, 15) is 0 Å². The maximum absolute atomic E-state index is 8.78. The molecule has 0 spiro atoms. The summed E-state index contributed by atoms with van der Waals surface area (Å²) in [6, 6.07) is 0. The van der Waals surface area contributed by atoms with Gasteiger partial charge < -0.3 is 5.11 Å². The lowest BCUT2D eigenvalue weighted by atomic mass is 10.5. The number of aliphatic hydroxyl groups is 1. The highest BCUT2D eigenvalue weighted by atomic mass is 32.1. The number of nitrogens with zero attached hydrogens (tertiary/aromatic N) is 1. The van der Waals surface area contributed by atoms with Gasteiger partial charge in [-0.3, -0.25) is 0 Å². The first-order valence-electron chi connectivity index (χ1n) is 3.15. The summed E-state index contributed by atoms with van der Waals surface area (Å²) in [5.41, 5.74) is 0.0926. The van der Waals surface area contributed by atoms with Gasteiger partial charge in [-0.05, 0) is 6.92 Å². The minimum atomic E-state index is -2.29. The summed E-state index contributed by atoms with van der Waals surface area (Å²) in [5.74, 6) is 0. The van der Waals surface area contributed by atoms with Gasteiger partial charge in [0, 0.05) is 5.38 Å². The molecule has 1 aromatic heterocycles. The highest BCUT2D eigenvalue weighted by molar-refractivity contribution is 7.09. The van der Waals surface area contributed by atoms with Gasteiger partial charge >= 0.3 is 0 Å². The van der Waals surface area contributed by atoms with Crippen LogP contribution in [0.25, 0.3) is 0 Å². The predicted octanol–water partition coefficient (Wildman–Crippen LogP) is 0.944. The standard InChI is InChI=1S/C5H7NOS/c1-4-6-5(2-7)3-8-4/h3,7H,2H2,1H3/i2D2. The second kappa shape index (κ2) is 2.24. The fourth-order valence-corrected chi connectivity index (χ4v) is 0.953. The Morgan fingerprint density at radius 2 is 2.88 bits per heavy atom. The van der Waals surface area contributed by atoms with E-state index in [4.69, 9.17) is 7.85 Å². The number of aryl methyl sites for hydroxylation is 1. The molecule has 3 heteroatoms. The average molecular weight is 131 g/mol. The zero-order valence-corrected chi connectivity index (χ0v) is 5.20. The van der Waals surface area contributed by atoms with Gasteiger partial charge in [0.2, 0.25) is 0 Å². The van der Waals surface area contributed by atoms with Gasteiger partial charge in [-0.15, -0.1) is 11.3 Å². The molecule has 0 fully saturated rings. The molecule has 0 unspecified atom stereocenters. The van der Waals surface area contributed by atoms with Gasteiger partial charge in [0.15, 0.2) is 0 Å². The third-order valence-electron chi connectivity index (χ3n) is 0.734. The van der Waals surface area contributed by atoms with Crippen LogP contribution in [0.5, 0.6) is 0 Å². The van der Waals surface area contributed by atoms with E-state index >= 15 is 0 Å². The van der Waals surface area contributed by atoms with E-state index in [1.165, 1.54) is 16.7 Å². The Bertz CT molecular complexity index is 230. The summed E-state index contributed by atoms with van der Waals surface area (Å²) in [7, 11) is 0. The molecule has 44 valence electrons. The molecule has 1 heterocycles. The van der Waals surface area contributed by atoms with E-state index in [0.717, 1.165) is 5.01 Å². The van der Waals surface area contributed by atoms with Crippen molar-refractivity contribution in [2.45, 2.75) is 13.5 Å². The van der Waals surface area contributed by atoms with E-state index in [0.29, 0.717) is 0 Å². The summed E-state index contributed by atoms with van der Waals surface area (Å²) < 4.78 is 13.7. The van der Waals surface area contributed by atoms with Crippen LogP contribution in [-0.2, 0) is 6.56 Å². The number of hydrogen-bond donors (Lipinski definition) is 1. The summed E-state index contributed by atoms with van der Waals surface area (Å²) >= 11 is 1.32. The molecule has 0 radical (unpaired) electrons. The van der Waals surface area contributed by atoms with Gasteiger partial charge in [-0.25, -0.2) is 4.98 Å². The van der Waals surface area contributed by atoms with Crippen LogP contribution in [0.4, 0.5) is 0 Å². The van der Waals surface area contributed by atoms with Crippen molar-refractivity contribution in [3.63, 3.8) is 0 Å². The largest absolute Gasteiger partial charge is 0.390 e. The van der Waals surface area contributed by atoms with Gasteiger partial charge in [0.05, 0.1) is 20.0 Å². The Kier molecular flexibility index (Phi) is 1.00. The molecule has 1 N–H and O–H groups in total. The van der Waals surface area contributed by atoms with Crippen molar-refractivity contribution in [1.82, 2.24) is 4.98 Å². The smallest absolute Gasteiger partial charge is 0.0898 e. The number of thiazole rings is 1. The van der Waals surface area contributed by atoms with Crippen LogP contribution in [-0.4, -0.2) is 10.1 Å².